The molecule has 0 atom stereocenters. The summed E-state index contributed by atoms with van der Waals surface area (Å²) in [6, 6.07) is 0. The van der Waals surface area contributed by atoms with Crippen molar-refractivity contribution in [2.75, 3.05) is 18.5 Å². The summed E-state index contributed by atoms with van der Waals surface area (Å²) in [5.74, 6) is -0.297. The van der Waals surface area contributed by atoms with Crippen LogP contribution in [0.25, 0.3) is 0 Å². The second-order valence-electron chi connectivity index (χ2n) is 2.02. The minimum Gasteiger partial charge on any atom is -0.465 e. The molecule has 0 aliphatic carbocycles. The number of anilines is 1. The van der Waals surface area contributed by atoms with Gasteiger partial charge >= 0.3 is 5.97 Å². The first-order valence-electron chi connectivity index (χ1n) is 3.61. The smallest absolute Gasteiger partial charge is 0.325 e. The molecule has 0 aromatic carbocycles. The topological polar surface area (TPSA) is 64.1 Å². The van der Waals surface area contributed by atoms with E-state index in [0.29, 0.717) is 15.7 Å². The van der Waals surface area contributed by atoms with E-state index >= 15 is 0 Å². The van der Waals surface area contributed by atoms with E-state index in [1.807, 2.05) is 0 Å². The SMILES string of the molecule is CCOC(=O)CNc1nnc(Br)s1. The maximum Gasteiger partial charge on any atom is 0.325 e. The zero-order chi connectivity index (χ0) is 9.68. The van der Waals surface area contributed by atoms with E-state index in [0.717, 1.165) is 0 Å². The highest BCUT2D eigenvalue weighted by molar-refractivity contribution is 9.11. The Balaban J connectivity index is 2.30. The molecule has 1 rings (SSSR count). The molecule has 0 aliphatic rings. The molecule has 13 heavy (non-hydrogen) atoms. The van der Waals surface area contributed by atoms with Gasteiger partial charge in [-0.25, -0.2) is 0 Å². The first kappa shape index (κ1) is 10.4. The molecule has 0 saturated heterocycles. The number of aromatic nitrogens is 2. The van der Waals surface area contributed by atoms with Crippen LogP contribution in [0, 0.1) is 0 Å². The summed E-state index contributed by atoms with van der Waals surface area (Å²) >= 11 is 4.48. The van der Waals surface area contributed by atoms with Crippen LogP contribution in [0.5, 0.6) is 0 Å². The van der Waals surface area contributed by atoms with Gasteiger partial charge in [-0.2, -0.15) is 0 Å². The molecule has 0 unspecified atom stereocenters. The van der Waals surface area contributed by atoms with E-state index < -0.39 is 0 Å². The lowest BCUT2D eigenvalue weighted by Crippen LogP contribution is -2.16. The predicted molar refractivity (Wildman–Crippen MR) is 52.7 cm³/mol. The van der Waals surface area contributed by atoms with Crippen molar-refractivity contribution < 1.29 is 9.53 Å². The van der Waals surface area contributed by atoms with Gasteiger partial charge in [-0.15, -0.1) is 10.2 Å². The fourth-order valence-electron chi connectivity index (χ4n) is 0.637. The van der Waals surface area contributed by atoms with Crippen LogP contribution in [0.3, 0.4) is 0 Å². The molecule has 0 spiro atoms. The summed E-state index contributed by atoms with van der Waals surface area (Å²) in [5.41, 5.74) is 0. The Morgan fingerprint density at radius 3 is 3.00 bits per heavy atom. The summed E-state index contributed by atoms with van der Waals surface area (Å²) in [5, 5.41) is 10.8. The van der Waals surface area contributed by atoms with Gasteiger partial charge in [-0.3, -0.25) is 4.79 Å². The van der Waals surface area contributed by atoms with Crippen molar-refractivity contribution in [1.82, 2.24) is 10.2 Å². The third-order valence-corrected chi connectivity index (χ3v) is 2.40. The highest BCUT2D eigenvalue weighted by atomic mass is 79.9. The van der Waals surface area contributed by atoms with Crippen LogP contribution < -0.4 is 5.32 Å². The number of carbonyl (C=O) groups is 1. The third kappa shape index (κ3) is 3.69. The molecule has 0 saturated carbocycles. The Labute approximate surface area is 87.6 Å². The van der Waals surface area contributed by atoms with Crippen molar-refractivity contribution in [2.24, 2.45) is 0 Å². The second-order valence-corrected chi connectivity index (χ2v) is 4.27. The zero-order valence-corrected chi connectivity index (χ0v) is 9.31. The highest BCUT2D eigenvalue weighted by Gasteiger charge is 2.04. The van der Waals surface area contributed by atoms with Gasteiger partial charge in [0.15, 0.2) is 3.92 Å². The van der Waals surface area contributed by atoms with Gasteiger partial charge in [-0.05, 0) is 22.9 Å². The maximum atomic E-state index is 10.9. The fraction of sp³-hybridized carbons (Fsp3) is 0.500. The van der Waals surface area contributed by atoms with Crippen molar-refractivity contribution >= 4 is 38.4 Å². The Kier molecular flexibility index (Phi) is 4.10. The van der Waals surface area contributed by atoms with Gasteiger partial charge in [0.05, 0.1) is 6.61 Å². The lowest BCUT2D eigenvalue weighted by molar-refractivity contribution is -0.140. The number of hydrogen-bond donors (Lipinski definition) is 1. The van der Waals surface area contributed by atoms with E-state index in [4.69, 9.17) is 4.74 Å². The van der Waals surface area contributed by atoms with Gasteiger partial charge in [0.25, 0.3) is 0 Å². The predicted octanol–water partition coefficient (Wildman–Crippen LogP) is 1.28. The maximum absolute atomic E-state index is 10.9. The van der Waals surface area contributed by atoms with Gasteiger partial charge in [0, 0.05) is 0 Å². The van der Waals surface area contributed by atoms with Crippen molar-refractivity contribution in [2.45, 2.75) is 6.92 Å². The van der Waals surface area contributed by atoms with Crippen LogP contribution in [0.2, 0.25) is 0 Å². The summed E-state index contributed by atoms with van der Waals surface area (Å²) in [7, 11) is 0. The molecule has 0 aliphatic heterocycles. The number of halogens is 1. The molecular weight excluding hydrogens is 258 g/mol. The van der Waals surface area contributed by atoms with Gasteiger partial charge in [0.2, 0.25) is 5.13 Å². The Hall–Kier alpha value is -0.690. The van der Waals surface area contributed by atoms with Gasteiger partial charge in [0.1, 0.15) is 6.54 Å². The number of ether oxygens (including phenoxy) is 1. The van der Waals surface area contributed by atoms with E-state index in [9.17, 15) is 4.79 Å². The van der Waals surface area contributed by atoms with Crippen LogP contribution in [-0.2, 0) is 9.53 Å². The second kappa shape index (κ2) is 5.13. The van der Waals surface area contributed by atoms with Crippen LogP contribution >= 0.6 is 27.3 Å². The first-order valence-corrected chi connectivity index (χ1v) is 5.22. The lowest BCUT2D eigenvalue weighted by atomic mass is 10.6. The molecule has 0 fully saturated rings. The molecule has 0 amide bonds. The number of hydrogen-bond acceptors (Lipinski definition) is 6. The number of carbonyl (C=O) groups excluding carboxylic acids is 1. The largest absolute Gasteiger partial charge is 0.465 e. The Morgan fingerprint density at radius 2 is 2.46 bits per heavy atom. The zero-order valence-electron chi connectivity index (χ0n) is 6.91. The molecule has 0 bridgehead atoms. The average Bonchev–Trinajstić information content (AvgIpc) is 2.49. The highest BCUT2D eigenvalue weighted by Crippen LogP contribution is 2.19. The van der Waals surface area contributed by atoms with Crippen LogP contribution in [-0.4, -0.2) is 29.3 Å². The quantitative estimate of drug-likeness (QED) is 0.831. The first-order chi connectivity index (χ1) is 6.22. The molecule has 72 valence electrons. The molecule has 5 nitrogen and oxygen atoms in total. The summed E-state index contributed by atoms with van der Waals surface area (Å²) in [6.45, 7) is 2.27. The normalized spacial score (nSPS) is 9.69. The van der Waals surface area contributed by atoms with E-state index in [1.54, 1.807) is 6.92 Å². The van der Waals surface area contributed by atoms with Crippen molar-refractivity contribution in [1.29, 1.82) is 0 Å². The standard InChI is InChI=1S/C6H8BrN3O2S/c1-2-12-4(11)3-8-6-10-9-5(7)13-6/h2-3H2,1H3,(H,8,10). The van der Waals surface area contributed by atoms with Crippen LogP contribution in [0.4, 0.5) is 5.13 Å². The number of nitrogens with zero attached hydrogens (tertiary/aromatic N) is 2. The molecule has 7 heteroatoms. The third-order valence-electron chi connectivity index (χ3n) is 1.09. The molecule has 1 aromatic heterocycles. The average molecular weight is 266 g/mol. The Morgan fingerprint density at radius 1 is 1.69 bits per heavy atom. The van der Waals surface area contributed by atoms with E-state index in [1.165, 1.54) is 11.3 Å². The van der Waals surface area contributed by atoms with Crippen LogP contribution in [0.1, 0.15) is 6.92 Å². The number of esters is 1. The van der Waals surface area contributed by atoms with Gasteiger partial charge in [-0.1, -0.05) is 11.3 Å². The monoisotopic (exact) mass is 265 g/mol. The summed E-state index contributed by atoms with van der Waals surface area (Å²) in [4.78, 5) is 10.9. The molecular formula is C6H8BrN3O2S. The molecule has 0 radical (unpaired) electrons. The number of nitrogens with one attached hydrogen (secondary N) is 1. The van der Waals surface area contributed by atoms with Gasteiger partial charge < -0.3 is 10.1 Å². The van der Waals surface area contributed by atoms with Crippen molar-refractivity contribution in [3.8, 4) is 0 Å². The number of rotatable bonds is 4. The molecule has 1 N–H and O–H groups in total. The van der Waals surface area contributed by atoms with E-state index in [2.05, 4.69) is 31.4 Å². The minimum absolute atomic E-state index is 0.121. The van der Waals surface area contributed by atoms with E-state index in [-0.39, 0.29) is 12.5 Å². The van der Waals surface area contributed by atoms with Crippen molar-refractivity contribution in [3.63, 3.8) is 0 Å². The molecule has 1 heterocycles. The Bertz CT molecular complexity index is 291. The lowest BCUT2D eigenvalue weighted by Gasteiger charge is -2.00. The van der Waals surface area contributed by atoms with Crippen molar-refractivity contribution in [3.05, 3.63) is 3.92 Å². The summed E-state index contributed by atoms with van der Waals surface area (Å²) in [6.07, 6.45) is 0. The fourth-order valence-corrected chi connectivity index (χ4v) is 1.64. The summed E-state index contributed by atoms with van der Waals surface area (Å²) < 4.78 is 5.39. The molecule has 1 aromatic rings. The minimum atomic E-state index is -0.297. The van der Waals surface area contributed by atoms with Crippen LogP contribution in [0.15, 0.2) is 3.92 Å².